The molecule has 3 aromatic carbocycles. The quantitative estimate of drug-likeness (QED) is 0.321. The van der Waals surface area contributed by atoms with E-state index in [-0.39, 0.29) is 0 Å². The highest BCUT2D eigenvalue weighted by Gasteiger charge is 2.18. The van der Waals surface area contributed by atoms with E-state index < -0.39 is 0 Å². The minimum absolute atomic E-state index is 0.970. The van der Waals surface area contributed by atoms with E-state index in [9.17, 15) is 0 Å². The van der Waals surface area contributed by atoms with Gasteiger partial charge in [0.05, 0.1) is 22.1 Å². The van der Waals surface area contributed by atoms with Gasteiger partial charge in [-0.25, -0.2) is 9.03 Å². The van der Waals surface area contributed by atoms with Gasteiger partial charge in [0.15, 0.2) is 0 Å². The van der Waals surface area contributed by atoms with Crippen LogP contribution in [0.2, 0.25) is 0 Å². The fourth-order valence-electron chi connectivity index (χ4n) is 4.67. The third kappa shape index (κ3) is 2.44. The summed E-state index contributed by atoms with van der Waals surface area (Å²) >= 11 is 0. The number of nitrogens with zero attached hydrogens (tertiary/aromatic N) is 4. The maximum atomic E-state index is 5.10. The molecule has 0 aliphatic rings. The van der Waals surface area contributed by atoms with Gasteiger partial charge in [0.1, 0.15) is 5.69 Å². The first-order valence-corrected chi connectivity index (χ1v) is 10.7. The number of fused-ring (bicyclic) bond motifs is 6. The van der Waals surface area contributed by atoms with Gasteiger partial charge in [0.25, 0.3) is 0 Å². The van der Waals surface area contributed by atoms with E-state index in [0.29, 0.717) is 0 Å². The van der Waals surface area contributed by atoms with E-state index in [0.717, 1.165) is 49.8 Å². The second-order valence-corrected chi connectivity index (χ2v) is 8.04. The Morgan fingerprint density at radius 1 is 0.531 bits per heavy atom. The molecule has 0 spiro atoms. The van der Waals surface area contributed by atoms with Crippen molar-refractivity contribution in [2.45, 2.75) is 0 Å². The summed E-state index contributed by atoms with van der Waals surface area (Å²) in [6.45, 7) is 0. The minimum atomic E-state index is 0.970. The van der Waals surface area contributed by atoms with E-state index in [4.69, 9.17) is 10.2 Å². The Morgan fingerprint density at radius 3 is 2.25 bits per heavy atom. The van der Waals surface area contributed by atoms with Gasteiger partial charge in [-0.1, -0.05) is 78.9 Å². The molecule has 0 unspecified atom stereocenters. The molecule has 0 fully saturated rings. The Balaban J connectivity index is 1.58. The van der Waals surface area contributed by atoms with Gasteiger partial charge in [-0.05, 0) is 24.3 Å². The van der Waals surface area contributed by atoms with Crippen LogP contribution in [-0.2, 0) is 0 Å². The SMILES string of the molecule is c1ccc(-c2nn3c(ccc4ccccc43)c2-c2ccc3c4ccccc4nn3c2)cc1. The lowest BCUT2D eigenvalue weighted by Crippen LogP contribution is -1.90. The van der Waals surface area contributed by atoms with E-state index >= 15 is 0 Å². The minimum Gasteiger partial charge on any atom is -0.239 e. The Hall–Kier alpha value is -4.44. The zero-order valence-electron chi connectivity index (χ0n) is 17.2. The summed E-state index contributed by atoms with van der Waals surface area (Å²) < 4.78 is 4.05. The highest BCUT2D eigenvalue weighted by molar-refractivity contribution is 5.98. The summed E-state index contributed by atoms with van der Waals surface area (Å²) in [6.07, 6.45) is 2.12. The first-order chi connectivity index (χ1) is 15.9. The van der Waals surface area contributed by atoms with Crippen LogP contribution < -0.4 is 0 Å². The average molecular weight is 410 g/mol. The van der Waals surface area contributed by atoms with E-state index in [1.807, 2.05) is 16.6 Å². The van der Waals surface area contributed by atoms with Crippen molar-refractivity contribution in [1.82, 2.24) is 19.2 Å². The summed E-state index contributed by atoms with van der Waals surface area (Å²) in [5.74, 6) is 0. The van der Waals surface area contributed by atoms with Gasteiger partial charge >= 0.3 is 0 Å². The molecule has 0 N–H and O–H groups in total. The van der Waals surface area contributed by atoms with Crippen LogP contribution in [0, 0.1) is 0 Å². The molecule has 0 aliphatic heterocycles. The molecule has 0 radical (unpaired) electrons. The summed E-state index contributed by atoms with van der Waals surface area (Å²) in [4.78, 5) is 0. The maximum absolute atomic E-state index is 5.10. The summed E-state index contributed by atoms with van der Waals surface area (Å²) in [6, 6.07) is 35.7. The number of hydrogen-bond acceptors (Lipinski definition) is 2. The molecule has 0 amide bonds. The first kappa shape index (κ1) is 17.3. The second kappa shape index (κ2) is 6.53. The predicted octanol–water partition coefficient (Wildman–Crippen LogP) is 6.62. The van der Waals surface area contributed by atoms with E-state index in [2.05, 4.69) is 102 Å². The van der Waals surface area contributed by atoms with Crippen molar-refractivity contribution in [3.8, 4) is 22.4 Å². The molecular formula is C28H18N4. The zero-order chi connectivity index (χ0) is 21.1. The van der Waals surface area contributed by atoms with Crippen molar-refractivity contribution >= 4 is 32.8 Å². The molecule has 4 heterocycles. The maximum Gasteiger partial charge on any atom is 0.101 e. The molecule has 7 rings (SSSR count). The Kier molecular flexibility index (Phi) is 3.52. The highest BCUT2D eigenvalue weighted by atomic mass is 15.2. The Labute approximate surface area is 184 Å². The molecule has 0 saturated heterocycles. The smallest absolute Gasteiger partial charge is 0.101 e. The van der Waals surface area contributed by atoms with Crippen LogP contribution in [0.25, 0.3) is 55.2 Å². The third-order valence-corrected chi connectivity index (χ3v) is 6.17. The fraction of sp³-hybridized carbons (Fsp3) is 0. The lowest BCUT2D eigenvalue weighted by molar-refractivity contribution is 0.984. The molecule has 7 aromatic rings. The van der Waals surface area contributed by atoms with Crippen LogP contribution in [0.15, 0.2) is 109 Å². The standard InChI is InChI=1S/C28H18N4/c1-2-9-20(10-3-1)28-27(26-17-14-19-8-4-7-13-24(19)32(26)30-28)21-15-16-25-22-11-5-6-12-23(22)29-31(25)18-21/h1-18H. The fourth-order valence-corrected chi connectivity index (χ4v) is 4.67. The molecule has 4 heteroatoms. The van der Waals surface area contributed by atoms with Crippen molar-refractivity contribution in [1.29, 1.82) is 0 Å². The van der Waals surface area contributed by atoms with Crippen LogP contribution in [0.3, 0.4) is 0 Å². The Morgan fingerprint density at radius 2 is 1.31 bits per heavy atom. The number of hydrogen-bond donors (Lipinski definition) is 0. The van der Waals surface area contributed by atoms with Gasteiger partial charge < -0.3 is 0 Å². The van der Waals surface area contributed by atoms with Crippen LogP contribution in [0.1, 0.15) is 0 Å². The molecule has 150 valence electrons. The lowest BCUT2D eigenvalue weighted by atomic mass is 10.0. The van der Waals surface area contributed by atoms with Crippen molar-refractivity contribution in [3.05, 3.63) is 109 Å². The Bertz CT molecular complexity index is 1770. The molecule has 0 bridgehead atoms. The summed E-state index contributed by atoms with van der Waals surface area (Å²) in [7, 11) is 0. The van der Waals surface area contributed by atoms with Crippen molar-refractivity contribution in [2.24, 2.45) is 0 Å². The number of rotatable bonds is 2. The average Bonchev–Trinajstić information content (AvgIpc) is 3.43. The second-order valence-electron chi connectivity index (χ2n) is 8.04. The zero-order valence-corrected chi connectivity index (χ0v) is 17.2. The summed E-state index contributed by atoms with van der Waals surface area (Å²) in [5.41, 5.74) is 8.56. The van der Waals surface area contributed by atoms with Crippen LogP contribution in [0.4, 0.5) is 0 Å². The van der Waals surface area contributed by atoms with E-state index in [1.54, 1.807) is 0 Å². The molecule has 4 nitrogen and oxygen atoms in total. The van der Waals surface area contributed by atoms with Gasteiger partial charge in [-0.3, -0.25) is 0 Å². The molecule has 32 heavy (non-hydrogen) atoms. The normalized spacial score (nSPS) is 11.8. The number of benzene rings is 3. The predicted molar refractivity (Wildman–Crippen MR) is 130 cm³/mol. The molecule has 0 aliphatic carbocycles. The van der Waals surface area contributed by atoms with Gasteiger partial charge in [-0.2, -0.15) is 10.2 Å². The van der Waals surface area contributed by atoms with Crippen LogP contribution >= 0.6 is 0 Å². The molecule has 0 atom stereocenters. The van der Waals surface area contributed by atoms with Gasteiger partial charge in [0.2, 0.25) is 0 Å². The number of pyridine rings is 2. The van der Waals surface area contributed by atoms with Crippen molar-refractivity contribution in [3.63, 3.8) is 0 Å². The van der Waals surface area contributed by atoms with Gasteiger partial charge in [-0.15, -0.1) is 0 Å². The third-order valence-electron chi connectivity index (χ3n) is 6.17. The molecular weight excluding hydrogens is 392 g/mol. The van der Waals surface area contributed by atoms with Crippen molar-refractivity contribution in [2.75, 3.05) is 0 Å². The first-order valence-electron chi connectivity index (χ1n) is 10.7. The van der Waals surface area contributed by atoms with Crippen molar-refractivity contribution < 1.29 is 0 Å². The molecule has 4 aromatic heterocycles. The van der Waals surface area contributed by atoms with Crippen LogP contribution in [-0.4, -0.2) is 19.2 Å². The highest BCUT2D eigenvalue weighted by Crippen LogP contribution is 2.37. The van der Waals surface area contributed by atoms with E-state index in [1.165, 1.54) is 5.39 Å². The van der Waals surface area contributed by atoms with Gasteiger partial charge in [0, 0.05) is 33.7 Å². The number of para-hydroxylation sites is 1. The van der Waals surface area contributed by atoms with Crippen LogP contribution in [0.5, 0.6) is 0 Å². The number of aromatic nitrogens is 4. The lowest BCUT2D eigenvalue weighted by Gasteiger charge is -2.06. The monoisotopic (exact) mass is 410 g/mol. The molecule has 0 saturated carbocycles. The topological polar surface area (TPSA) is 34.6 Å². The largest absolute Gasteiger partial charge is 0.239 e. The summed E-state index contributed by atoms with van der Waals surface area (Å²) in [5, 5.41) is 12.2.